The molecule has 2 aliphatic rings. The summed E-state index contributed by atoms with van der Waals surface area (Å²) in [5.74, 6) is -1.62. The van der Waals surface area contributed by atoms with Crippen molar-refractivity contribution in [3.8, 4) is 0 Å². The monoisotopic (exact) mass is 469 g/mol. The van der Waals surface area contributed by atoms with Crippen LogP contribution in [0, 0.1) is 0 Å². The molecule has 0 aliphatic carbocycles. The topological polar surface area (TPSA) is 123 Å². The second-order valence-electron chi connectivity index (χ2n) is 7.37. The van der Waals surface area contributed by atoms with Gasteiger partial charge in [-0.25, -0.2) is 18.0 Å². The maximum atomic E-state index is 13.3. The van der Waals surface area contributed by atoms with E-state index in [0.717, 1.165) is 13.2 Å². The molecule has 12 heteroatoms. The molecule has 2 saturated heterocycles. The lowest BCUT2D eigenvalue weighted by Crippen LogP contribution is -2.53. The van der Waals surface area contributed by atoms with Gasteiger partial charge in [-0.05, 0) is 18.2 Å². The van der Waals surface area contributed by atoms with Crippen molar-refractivity contribution in [1.29, 1.82) is 0 Å². The fourth-order valence-electron chi connectivity index (χ4n) is 3.63. The molecule has 2 fully saturated rings. The zero-order valence-corrected chi connectivity index (χ0v) is 18.9. The van der Waals surface area contributed by atoms with Crippen LogP contribution in [0.15, 0.2) is 23.1 Å². The number of amides is 1. The number of carbonyl (C=O) groups excluding carboxylic acids is 3. The maximum Gasteiger partial charge on any atom is 0.339 e. The number of hydrogen-bond acceptors (Lipinski definition) is 9. The van der Waals surface area contributed by atoms with Gasteiger partial charge in [0.2, 0.25) is 15.9 Å². The number of carbonyl (C=O) groups is 3. The molecule has 2 aliphatic heterocycles. The van der Waals surface area contributed by atoms with Crippen LogP contribution in [-0.2, 0) is 29.0 Å². The minimum absolute atomic E-state index is 0.00180. The van der Waals surface area contributed by atoms with E-state index >= 15 is 0 Å². The first-order valence-electron chi connectivity index (χ1n) is 10.2. The number of methoxy groups -OCH3 is 2. The Morgan fingerprint density at radius 3 is 2.16 bits per heavy atom. The van der Waals surface area contributed by atoms with E-state index in [4.69, 9.17) is 9.47 Å². The van der Waals surface area contributed by atoms with Crippen LogP contribution in [0.2, 0.25) is 0 Å². The normalized spacial score (nSPS) is 18.2. The third-order valence-electron chi connectivity index (χ3n) is 5.48. The van der Waals surface area contributed by atoms with Crippen LogP contribution in [-0.4, -0.2) is 114 Å². The smallest absolute Gasteiger partial charge is 0.339 e. The van der Waals surface area contributed by atoms with E-state index in [1.54, 1.807) is 4.90 Å². The first-order valence-corrected chi connectivity index (χ1v) is 11.6. The summed E-state index contributed by atoms with van der Waals surface area (Å²) in [6.07, 6.45) is 0. The average Bonchev–Trinajstić information content (AvgIpc) is 2.83. The van der Waals surface area contributed by atoms with Gasteiger partial charge >= 0.3 is 11.9 Å². The molecule has 0 saturated carbocycles. The van der Waals surface area contributed by atoms with Crippen molar-refractivity contribution in [1.82, 2.24) is 14.1 Å². The fourth-order valence-corrected chi connectivity index (χ4v) is 5.25. The molecule has 32 heavy (non-hydrogen) atoms. The second-order valence-corrected chi connectivity index (χ2v) is 9.27. The summed E-state index contributed by atoms with van der Waals surface area (Å²) in [5.41, 5.74) is -0.177. The first kappa shape index (κ1) is 24.1. The van der Waals surface area contributed by atoms with Crippen LogP contribution in [0.3, 0.4) is 0 Å². The zero-order chi connectivity index (χ0) is 23.3. The average molecular weight is 470 g/mol. The number of piperazine rings is 1. The van der Waals surface area contributed by atoms with E-state index in [2.05, 4.69) is 4.74 Å². The van der Waals surface area contributed by atoms with Gasteiger partial charge in [-0.15, -0.1) is 0 Å². The highest BCUT2D eigenvalue weighted by atomic mass is 32.2. The van der Waals surface area contributed by atoms with Gasteiger partial charge < -0.3 is 19.1 Å². The van der Waals surface area contributed by atoms with Crippen LogP contribution in [0.5, 0.6) is 0 Å². The maximum absolute atomic E-state index is 13.3. The van der Waals surface area contributed by atoms with Crippen molar-refractivity contribution in [2.75, 3.05) is 73.2 Å². The Bertz CT molecular complexity index is 967. The minimum atomic E-state index is -4.13. The molecular formula is C20H27N3O8S. The molecule has 176 valence electrons. The molecule has 3 rings (SSSR count). The van der Waals surface area contributed by atoms with Crippen molar-refractivity contribution in [2.45, 2.75) is 4.90 Å². The number of benzene rings is 1. The van der Waals surface area contributed by atoms with Crippen LogP contribution in [0.4, 0.5) is 0 Å². The third-order valence-corrected chi connectivity index (χ3v) is 7.42. The summed E-state index contributed by atoms with van der Waals surface area (Å²) in [7, 11) is -1.81. The van der Waals surface area contributed by atoms with E-state index < -0.39 is 22.0 Å². The summed E-state index contributed by atoms with van der Waals surface area (Å²) in [6, 6.07) is 3.65. The van der Waals surface area contributed by atoms with Gasteiger partial charge in [0.25, 0.3) is 0 Å². The lowest BCUT2D eigenvalue weighted by Gasteiger charge is -2.36. The molecule has 0 bridgehead atoms. The molecule has 0 atom stereocenters. The minimum Gasteiger partial charge on any atom is -0.465 e. The molecule has 1 aromatic carbocycles. The molecule has 2 heterocycles. The van der Waals surface area contributed by atoms with Gasteiger partial charge in [0.05, 0.1) is 50.0 Å². The van der Waals surface area contributed by atoms with Crippen LogP contribution in [0.1, 0.15) is 20.7 Å². The number of morpholine rings is 1. The standard InChI is InChI=1S/C20H27N3O8S/c1-29-19(25)15-3-4-16(20(26)30-2)17(13-15)32(27,28)23-7-5-22(6-8-23)18(24)14-21-9-11-31-12-10-21/h3-4,13H,5-12,14H2,1-2H3. The van der Waals surface area contributed by atoms with Gasteiger partial charge in [0.15, 0.2) is 0 Å². The van der Waals surface area contributed by atoms with Gasteiger partial charge in [-0.3, -0.25) is 9.69 Å². The van der Waals surface area contributed by atoms with E-state index in [-0.39, 0.29) is 54.7 Å². The molecular weight excluding hydrogens is 442 g/mol. The summed E-state index contributed by atoms with van der Waals surface area (Å²) >= 11 is 0. The summed E-state index contributed by atoms with van der Waals surface area (Å²) in [5, 5.41) is 0. The van der Waals surface area contributed by atoms with Crippen LogP contribution >= 0.6 is 0 Å². The van der Waals surface area contributed by atoms with Crippen molar-refractivity contribution < 1.29 is 37.0 Å². The van der Waals surface area contributed by atoms with Gasteiger partial charge in [-0.2, -0.15) is 4.31 Å². The Balaban J connectivity index is 1.75. The number of esters is 2. The lowest BCUT2D eigenvalue weighted by molar-refractivity contribution is -0.134. The molecule has 0 spiro atoms. The predicted molar refractivity (Wildman–Crippen MR) is 112 cm³/mol. The summed E-state index contributed by atoms with van der Waals surface area (Å²) in [6.45, 7) is 3.42. The van der Waals surface area contributed by atoms with Gasteiger partial charge in [0.1, 0.15) is 0 Å². The molecule has 11 nitrogen and oxygen atoms in total. The summed E-state index contributed by atoms with van der Waals surface area (Å²) < 4.78 is 42.5. The number of sulfonamides is 1. The number of nitrogens with zero attached hydrogens (tertiary/aromatic N) is 3. The van der Waals surface area contributed by atoms with Gasteiger partial charge in [-0.1, -0.05) is 0 Å². The van der Waals surface area contributed by atoms with E-state index in [1.165, 1.54) is 23.5 Å². The van der Waals surface area contributed by atoms with Crippen LogP contribution in [0.25, 0.3) is 0 Å². The highest BCUT2D eigenvalue weighted by molar-refractivity contribution is 7.89. The third kappa shape index (κ3) is 5.26. The van der Waals surface area contributed by atoms with Gasteiger partial charge in [0, 0.05) is 39.3 Å². The number of hydrogen-bond donors (Lipinski definition) is 0. The van der Waals surface area contributed by atoms with Crippen molar-refractivity contribution in [3.05, 3.63) is 29.3 Å². The first-order chi connectivity index (χ1) is 15.3. The summed E-state index contributed by atoms with van der Waals surface area (Å²) in [4.78, 5) is 40.0. The Morgan fingerprint density at radius 1 is 0.938 bits per heavy atom. The Labute approximate surface area is 186 Å². The highest BCUT2D eigenvalue weighted by Gasteiger charge is 2.34. The molecule has 0 unspecified atom stereocenters. The predicted octanol–water partition coefficient (Wildman–Crippen LogP) is -0.575. The lowest BCUT2D eigenvalue weighted by atomic mass is 10.1. The largest absolute Gasteiger partial charge is 0.465 e. The Hall–Kier alpha value is -2.54. The molecule has 0 N–H and O–H groups in total. The van der Waals surface area contributed by atoms with Crippen LogP contribution < -0.4 is 0 Å². The molecule has 1 aromatic rings. The molecule has 0 aromatic heterocycles. The number of rotatable bonds is 6. The van der Waals surface area contributed by atoms with E-state index in [0.29, 0.717) is 26.3 Å². The van der Waals surface area contributed by atoms with E-state index in [1.807, 2.05) is 4.90 Å². The quantitative estimate of drug-likeness (QED) is 0.504. The second kappa shape index (κ2) is 10.4. The fraction of sp³-hybridized carbons (Fsp3) is 0.550. The van der Waals surface area contributed by atoms with E-state index in [9.17, 15) is 22.8 Å². The Kier molecular flexibility index (Phi) is 7.82. The molecule has 1 amide bonds. The zero-order valence-electron chi connectivity index (χ0n) is 18.1. The molecule has 0 radical (unpaired) electrons. The van der Waals surface area contributed by atoms with Crippen molar-refractivity contribution in [3.63, 3.8) is 0 Å². The SMILES string of the molecule is COC(=O)c1ccc(C(=O)OC)c(S(=O)(=O)N2CCN(C(=O)CN3CCOCC3)CC2)c1. The Morgan fingerprint density at radius 2 is 1.56 bits per heavy atom. The van der Waals surface area contributed by atoms with Crippen molar-refractivity contribution >= 4 is 27.9 Å². The number of ether oxygens (including phenoxy) is 3. The van der Waals surface area contributed by atoms with Crippen molar-refractivity contribution in [2.24, 2.45) is 0 Å². The highest BCUT2D eigenvalue weighted by Crippen LogP contribution is 2.24.